The summed E-state index contributed by atoms with van der Waals surface area (Å²) in [5, 5.41) is 11.0. The summed E-state index contributed by atoms with van der Waals surface area (Å²) in [6.45, 7) is 8.50. The molecule has 6 atom stereocenters. The lowest BCUT2D eigenvalue weighted by Gasteiger charge is -2.59. The molecule has 3 saturated carbocycles. The molecule has 4 aliphatic carbocycles. The van der Waals surface area contributed by atoms with E-state index >= 15 is 0 Å². The van der Waals surface area contributed by atoms with Gasteiger partial charge in [-0.15, -0.1) is 0 Å². The van der Waals surface area contributed by atoms with Gasteiger partial charge in [-0.1, -0.05) is 25.5 Å². The van der Waals surface area contributed by atoms with Gasteiger partial charge in [0.05, 0.1) is 18.8 Å². The molecular weight excluding hydrogens is 312 g/mol. The Labute approximate surface area is 152 Å². The predicted molar refractivity (Wildman–Crippen MR) is 97.0 cm³/mol. The van der Waals surface area contributed by atoms with Crippen LogP contribution in [0.5, 0.6) is 0 Å². The van der Waals surface area contributed by atoms with E-state index in [2.05, 4.69) is 26.8 Å². The van der Waals surface area contributed by atoms with Crippen molar-refractivity contribution in [3.8, 4) is 0 Å². The van der Waals surface area contributed by atoms with Crippen molar-refractivity contribution in [1.82, 2.24) is 0 Å². The fourth-order valence-electron chi connectivity index (χ4n) is 7.59. The molecule has 1 saturated heterocycles. The molecule has 4 unspecified atom stereocenters. The lowest BCUT2D eigenvalue weighted by atomic mass is 9.47. The van der Waals surface area contributed by atoms with Crippen molar-refractivity contribution < 1.29 is 14.6 Å². The maximum atomic E-state index is 11.0. The monoisotopic (exact) mass is 346 g/mol. The van der Waals surface area contributed by atoms with Crippen LogP contribution in [-0.4, -0.2) is 29.7 Å². The third-order valence-electron chi connectivity index (χ3n) is 9.49. The van der Waals surface area contributed by atoms with Gasteiger partial charge in [0.1, 0.15) is 0 Å². The lowest BCUT2D eigenvalue weighted by molar-refractivity contribution is -0.187. The van der Waals surface area contributed by atoms with E-state index in [0.29, 0.717) is 11.3 Å². The first-order chi connectivity index (χ1) is 11.8. The van der Waals surface area contributed by atoms with Crippen LogP contribution in [0.4, 0.5) is 0 Å². The fraction of sp³-hybridized carbons (Fsp3) is 0.909. The topological polar surface area (TPSA) is 38.7 Å². The van der Waals surface area contributed by atoms with Crippen LogP contribution in [0.1, 0.15) is 72.1 Å². The average molecular weight is 347 g/mol. The quantitative estimate of drug-likeness (QED) is 0.659. The molecule has 3 heteroatoms. The second-order valence-corrected chi connectivity index (χ2v) is 10.3. The van der Waals surface area contributed by atoms with Gasteiger partial charge < -0.3 is 14.6 Å². The van der Waals surface area contributed by atoms with Crippen molar-refractivity contribution in [2.75, 3.05) is 13.2 Å². The van der Waals surface area contributed by atoms with Gasteiger partial charge in [-0.25, -0.2) is 0 Å². The normalized spacial score (nSPS) is 53.9. The van der Waals surface area contributed by atoms with E-state index in [1.165, 1.54) is 32.1 Å². The van der Waals surface area contributed by atoms with Gasteiger partial charge in [-0.05, 0) is 74.0 Å². The summed E-state index contributed by atoms with van der Waals surface area (Å²) >= 11 is 0. The molecular formula is C22H34O3. The Kier molecular flexibility index (Phi) is 3.43. The molecule has 25 heavy (non-hydrogen) atoms. The summed E-state index contributed by atoms with van der Waals surface area (Å²) in [4.78, 5) is 0. The summed E-state index contributed by atoms with van der Waals surface area (Å²) in [7, 11) is 0. The van der Waals surface area contributed by atoms with Crippen LogP contribution in [0.25, 0.3) is 0 Å². The SMILES string of the molecule is CC1(O)CCC2C3CC=C4CC5(CC[C@]4(C)C3CC[C@@]21C)OCCO5. The molecule has 0 aromatic rings. The van der Waals surface area contributed by atoms with Gasteiger partial charge in [-0.2, -0.15) is 0 Å². The molecule has 140 valence electrons. The Morgan fingerprint density at radius 1 is 0.960 bits per heavy atom. The van der Waals surface area contributed by atoms with Crippen molar-refractivity contribution in [2.45, 2.75) is 83.5 Å². The molecule has 4 fully saturated rings. The summed E-state index contributed by atoms with van der Waals surface area (Å²) < 4.78 is 12.1. The first kappa shape index (κ1) is 16.8. The standard InChI is InChI=1S/C22H34O3/c1-19-10-11-22(24-12-13-25-22)14-15(19)4-5-16-17(19)6-8-20(2)18(16)7-9-21(20,3)23/h4,16-18,23H,5-14H2,1-3H3/t16?,17?,18?,19-,20-,21?/m0/s1. The Morgan fingerprint density at radius 3 is 2.44 bits per heavy atom. The third kappa shape index (κ3) is 2.09. The number of hydrogen-bond acceptors (Lipinski definition) is 3. The maximum Gasteiger partial charge on any atom is 0.172 e. The van der Waals surface area contributed by atoms with Gasteiger partial charge in [0.25, 0.3) is 0 Å². The van der Waals surface area contributed by atoms with E-state index in [4.69, 9.17) is 9.47 Å². The summed E-state index contributed by atoms with van der Waals surface area (Å²) in [6, 6.07) is 0. The first-order valence-electron chi connectivity index (χ1n) is 10.5. The molecule has 3 nitrogen and oxygen atoms in total. The molecule has 1 aliphatic heterocycles. The van der Waals surface area contributed by atoms with E-state index in [1.54, 1.807) is 5.57 Å². The van der Waals surface area contributed by atoms with Crippen LogP contribution < -0.4 is 0 Å². The fourth-order valence-corrected chi connectivity index (χ4v) is 7.59. The van der Waals surface area contributed by atoms with Crippen LogP contribution in [-0.2, 0) is 9.47 Å². The van der Waals surface area contributed by atoms with E-state index < -0.39 is 5.60 Å². The highest BCUT2D eigenvalue weighted by Crippen LogP contribution is 2.67. The van der Waals surface area contributed by atoms with Crippen LogP contribution in [0.2, 0.25) is 0 Å². The molecule has 0 amide bonds. The number of fused-ring (bicyclic) bond motifs is 5. The zero-order valence-electron chi connectivity index (χ0n) is 16.1. The minimum Gasteiger partial charge on any atom is -0.390 e. The number of hydrogen-bond donors (Lipinski definition) is 1. The van der Waals surface area contributed by atoms with Crippen LogP contribution in [0.15, 0.2) is 11.6 Å². The number of aliphatic hydroxyl groups is 1. The van der Waals surface area contributed by atoms with Crippen LogP contribution in [0, 0.1) is 28.6 Å². The number of ether oxygens (including phenoxy) is 2. The van der Waals surface area contributed by atoms with Gasteiger partial charge in [0.2, 0.25) is 0 Å². The van der Waals surface area contributed by atoms with Gasteiger partial charge in [0.15, 0.2) is 5.79 Å². The van der Waals surface area contributed by atoms with Crippen molar-refractivity contribution in [2.24, 2.45) is 28.6 Å². The largest absolute Gasteiger partial charge is 0.390 e. The molecule has 5 rings (SSSR count). The number of allylic oxidation sites excluding steroid dienone is 1. The molecule has 0 aromatic carbocycles. The second-order valence-electron chi connectivity index (χ2n) is 10.3. The van der Waals surface area contributed by atoms with Gasteiger partial charge in [-0.3, -0.25) is 0 Å². The average Bonchev–Trinajstić information content (AvgIpc) is 3.11. The summed E-state index contributed by atoms with van der Waals surface area (Å²) in [6.07, 6.45) is 11.6. The molecule has 1 N–H and O–H groups in total. The highest BCUT2D eigenvalue weighted by molar-refractivity contribution is 5.27. The minimum atomic E-state index is -0.477. The molecule has 0 radical (unpaired) electrons. The van der Waals surface area contributed by atoms with Gasteiger partial charge >= 0.3 is 0 Å². The zero-order valence-corrected chi connectivity index (χ0v) is 16.1. The second kappa shape index (κ2) is 5.11. The Morgan fingerprint density at radius 2 is 1.68 bits per heavy atom. The van der Waals surface area contributed by atoms with Crippen molar-refractivity contribution in [3.05, 3.63) is 11.6 Å². The Balaban J connectivity index is 1.46. The molecule has 1 spiro atoms. The van der Waals surface area contributed by atoms with E-state index in [0.717, 1.165) is 44.3 Å². The van der Waals surface area contributed by atoms with E-state index in [1.807, 2.05) is 0 Å². The van der Waals surface area contributed by atoms with E-state index in [-0.39, 0.29) is 11.2 Å². The third-order valence-corrected chi connectivity index (χ3v) is 9.49. The summed E-state index contributed by atoms with van der Waals surface area (Å²) in [5.74, 6) is 1.91. The van der Waals surface area contributed by atoms with Crippen molar-refractivity contribution in [3.63, 3.8) is 0 Å². The zero-order chi connectivity index (χ0) is 17.5. The van der Waals surface area contributed by atoms with Crippen molar-refractivity contribution in [1.29, 1.82) is 0 Å². The molecule has 1 heterocycles. The lowest BCUT2D eigenvalue weighted by Crippen LogP contribution is -2.54. The minimum absolute atomic E-state index is 0.115. The van der Waals surface area contributed by atoms with Crippen LogP contribution in [0.3, 0.4) is 0 Å². The molecule has 0 aromatic heterocycles. The summed E-state index contributed by atoms with van der Waals surface area (Å²) in [5.41, 5.74) is 1.56. The predicted octanol–water partition coefficient (Wildman–Crippen LogP) is 4.44. The molecule has 5 aliphatic rings. The smallest absolute Gasteiger partial charge is 0.172 e. The van der Waals surface area contributed by atoms with Gasteiger partial charge in [0, 0.05) is 12.8 Å². The van der Waals surface area contributed by atoms with Crippen LogP contribution >= 0.6 is 0 Å². The number of rotatable bonds is 0. The molecule has 0 bridgehead atoms. The highest BCUT2D eigenvalue weighted by Gasteiger charge is 2.63. The Hall–Kier alpha value is -0.380. The Bertz CT molecular complexity index is 602. The first-order valence-corrected chi connectivity index (χ1v) is 10.5. The van der Waals surface area contributed by atoms with Crippen molar-refractivity contribution >= 4 is 0 Å². The highest BCUT2D eigenvalue weighted by atomic mass is 16.7. The van der Waals surface area contributed by atoms with E-state index in [9.17, 15) is 5.11 Å². The maximum absolute atomic E-state index is 11.0.